The van der Waals surface area contributed by atoms with Crippen molar-refractivity contribution in [3.05, 3.63) is 52.5 Å². The highest BCUT2D eigenvalue weighted by Crippen LogP contribution is 2.28. The molecule has 1 aliphatic rings. The van der Waals surface area contributed by atoms with Crippen LogP contribution in [0.1, 0.15) is 36.7 Å². The molecule has 1 aromatic carbocycles. The largest absolute Gasteiger partial charge is 0.333 e. The van der Waals surface area contributed by atoms with Crippen molar-refractivity contribution in [2.45, 2.75) is 38.3 Å². The summed E-state index contributed by atoms with van der Waals surface area (Å²) in [6, 6.07) is 9.08. The second-order valence-electron chi connectivity index (χ2n) is 5.85. The van der Waals surface area contributed by atoms with Crippen LogP contribution in [0, 0.1) is 0 Å². The Morgan fingerprint density at radius 3 is 2.81 bits per heavy atom. The third-order valence-electron chi connectivity index (χ3n) is 4.37. The lowest BCUT2D eigenvalue weighted by molar-refractivity contribution is 0.175. The Hall–Kier alpha value is -1.13. The van der Waals surface area contributed by atoms with E-state index in [-0.39, 0.29) is 0 Å². The van der Waals surface area contributed by atoms with Crippen molar-refractivity contribution in [1.29, 1.82) is 0 Å². The van der Waals surface area contributed by atoms with E-state index in [1.807, 2.05) is 6.20 Å². The minimum Gasteiger partial charge on any atom is -0.333 e. The first-order valence-electron chi connectivity index (χ1n) is 7.70. The first-order chi connectivity index (χ1) is 10.2. The Kier molecular flexibility index (Phi) is 4.76. The topological polar surface area (TPSA) is 21.1 Å². The van der Waals surface area contributed by atoms with Crippen LogP contribution in [0.2, 0.25) is 0 Å². The molecule has 1 saturated heterocycles. The Morgan fingerprint density at radius 1 is 1.24 bits per heavy atom. The molecule has 0 amide bonds. The van der Waals surface area contributed by atoms with Gasteiger partial charge in [0, 0.05) is 23.4 Å². The van der Waals surface area contributed by atoms with Crippen LogP contribution in [0.4, 0.5) is 0 Å². The Balaban J connectivity index is 1.69. The van der Waals surface area contributed by atoms with Gasteiger partial charge in [-0.15, -0.1) is 0 Å². The zero-order chi connectivity index (χ0) is 14.7. The zero-order valence-corrected chi connectivity index (χ0v) is 14.1. The molecular formula is C17H22BrN3. The summed E-state index contributed by atoms with van der Waals surface area (Å²) < 4.78 is 3.47. The van der Waals surface area contributed by atoms with Crippen molar-refractivity contribution in [2.24, 2.45) is 0 Å². The molecule has 21 heavy (non-hydrogen) atoms. The van der Waals surface area contributed by atoms with E-state index in [0.29, 0.717) is 6.04 Å². The molecule has 3 rings (SSSR count). The van der Waals surface area contributed by atoms with Gasteiger partial charge in [0.1, 0.15) is 5.82 Å². The molecule has 1 unspecified atom stereocenters. The molecule has 112 valence electrons. The minimum atomic E-state index is 0.485. The van der Waals surface area contributed by atoms with Crippen LogP contribution in [-0.2, 0) is 13.0 Å². The van der Waals surface area contributed by atoms with Gasteiger partial charge in [-0.2, -0.15) is 0 Å². The van der Waals surface area contributed by atoms with Crippen LogP contribution in [-0.4, -0.2) is 28.0 Å². The number of rotatable bonds is 4. The van der Waals surface area contributed by atoms with E-state index < -0.39 is 0 Å². The van der Waals surface area contributed by atoms with Crippen LogP contribution < -0.4 is 0 Å². The van der Waals surface area contributed by atoms with Crippen molar-refractivity contribution in [3.8, 4) is 0 Å². The van der Waals surface area contributed by atoms with Gasteiger partial charge in [-0.1, -0.05) is 34.5 Å². The molecule has 1 aromatic heterocycles. The lowest BCUT2D eigenvalue weighted by Gasteiger charge is -2.32. The fraction of sp³-hybridized carbons (Fsp3) is 0.471. The molecular weight excluding hydrogens is 326 g/mol. The minimum absolute atomic E-state index is 0.485. The number of piperidine rings is 1. The summed E-state index contributed by atoms with van der Waals surface area (Å²) in [5.74, 6) is 1.23. The maximum atomic E-state index is 4.63. The molecule has 0 aliphatic carbocycles. The molecule has 4 heteroatoms. The number of likely N-dealkylation sites (tertiary alicyclic amines) is 1. The van der Waals surface area contributed by atoms with E-state index in [4.69, 9.17) is 0 Å². The standard InChI is InChI=1S/C17H22BrN3/c1-20-11-3-2-4-16(20)17-19-10-13-21(17)12-9-14-5-7-15(18)8-6-14/h5-8,10,13,16H,2-4,9,11-12H2,1H3. The molecule has 2 aromatic rings. The molecule has 1 aliphatic heterocycles. The SMILES string of the molecule is CN1CCCCC1c1nccn1CCc1ccc(Br)cc1. The van der Waals surface area contributed by atoms with Crippen molar-refractivity contribution in [1.82, 2.24) is 14.5 Å². The van der Waals surface area contributed by atoms with Crippen molar-refractivity contribution in [3.63, 3.8) is 0 Å². The summed E-state index contributed by atoms with van der Waals surface area (Å²) in [6.07, 6.45) is 8.97. The number of hydrogen-bond acceptors (Lipinski definition) is 2. The van der Waals surface area contributed by atoms with Gasteiger partial charge in [0.25, 0.3) is 0 Å². The van der Waals surface area contributed by atoms with Gasteiger partial charge in [-0.3, -0.25) is 4.90 Å². The first-order valence-corrected chi connectivity index (χ1v) is 8.49. The molecule has 3 nitrogen and oxygen atoms in total. The number of halogens is 1. The van der Waals surface area contributed by atoms with Crippen LogP contribution in [0.15, 0.2) is 41.1 Å². The lowest BCUT2D eigenvalue weighted by Crippen LogP contribution is -2.31. The van der Waals surface area contributed by atoms with Crippen molar-refractivity contribution < 1.29 is 0 Å². The summed E-state index contributed by atoms with van der Waals surface area (Å²) in [5.41, 5.74) is 1.37. The predicted molar refractivity (Wildman–Crippen MR) is 89.3 cm³/mol. The molecule has 0 spiro atoms. The normalized spacial score (nSPS) is 19.8. The maximum absolute atomic E-state index is 4.63. The van der Waals surface area contributed by atoms with Crippen LogP contribution in [0.25, 0.3) is 0 Å². The van der Waals surface area contributed by atoms with Crippen molar-refractivity contribution in [2.75, 3.05) is 13.6 Å². The highest BCUT2D eigenvalue weighted by atomic mass is 79.9. The van der Waals surface area contributed by atoms with Gasteiger partial charge < -0.3 is 4.57 Å². The Morgan fingerprint density at radius 2 is 2.05 bits per heavy atom. The number of aromatic nitrogens is 2. The summed E-state index contributed by atoms with van der Waals surface area (Å²) in [5, 5.41) is 0. The van der Waals surface area contributed by atoms with E-state index >= 15 is 0 Å². The second kappa shape index (κ2) is 6.75. The lowest BCUT2D eigenvalue weighted by atomic mass is 10.0. The second-order valence-corrected chi connectivity index (χ2v) is 6.76. The monoisotopic (exact) mass is 347 g/mol. The third kappa shape index (κ3) is 3.55. The summed E-state index contributed by atoms with van der Waals surface area (Å²) in [4.78, 5) is 7.08. The summed E-state index contributed by atoms with van der Waals surface area (Å²) in [7, 11) is 2.22. The third-order valence-corrected chi connectivity index (χ3v) is 4.90. The Labute approximate surface area is 135 Å². The van der Waals surface area contributed by atoms with Gasteiger partial charge in [0.15, 0.2) is 0 Å². The van der Waals surface area contributed by atoms with Gasteiger partial charge in [0.2, 0.25) is 0 Å². The van der Waals surface area contributed by atoms with E-state index in [1.54, 1.807) is 0 Å². The summed E-state index contributed by atoms with van der Waals surface area (Å²) >= 11 is 3.48. The average molecular weight is 348 g/mol. The van der Waals surface area contributed by atoms with Gasteiger partial charge in [0.05, 0.1) is 6.04 Å². The van der Waals surface area contributed by atoms with Crippen LogP contribution in [0.3, 0.4) is 0 Å². The fourth-order valence-corrected chi connectivity index (χ4v) is 3.37. The smallest absolute Gasteiger partial charge is 0.126 e. The zero-order valence-electron chi connectivity index (χ0n) is 12.5. The molecule has 1 fully saturated rings. The van der Waals surface area contributed by atoms with E-state index in [2.05, 4.69) is 67.9 Å². The van der Waals surface area contributed by atoms with Crippen LogP contribution in [0.5, 0.6) is 0 Å². The van der Waals surface area contributed by atoms with Crippen molar-refractivity contribution >= 4 is 15.9 Å². The number of aryl methyl sites for hydroxylation is 2. The number of imidazole rings is 1. The van der Waals surface area contributed by atoms with E-state index in [9.17, 15) is 0 Å². The molecule has 1 atom stereocenters. The van der Waals surface area contributed by atoms with E-state index in [0.717, 1.165) is 17.4 Å². The molecule has 0 bridgehead atoms. The van der Waals surface area contributed by atoms with E-state index in [1.165, 1.54) is 37.2 Å². The molecule has 0 radical (unpaired) electrons. The first kappa shape index (κ1) is 14.8. The maximum Gasteiger partial charge on any atom is 0.126 e. The van der Waals surface area contributed by atoms with Gasteiger partial charge >= 0.3 is 0 Å². The van der Waals surface area contributed by atoms with Gasteiger partial charge in [-0.05, 0) is 50.6 Å². The highest BCUT2D eigenvalue weighted by Gasteiger charge is 2.24. The highest BCUT2D eigenvalue weighted by molar-refractivity contribution is 9.10. The molecule has 0 N–H and O–H groups in total. The predicted octanol–water partition coefficient (Wildman–Crippen LogP) is 4.05. The summed E-state index contributed by atoms with van der Waals surface area (Å²) in [6.45, 7) is 2.19. The number of nitrogens with zero attached hydrogens (tertiary/aromatic N) is 3. The average Bonchev–Trinajstić information content (AvgIpc) is 2.95. The quantitative estimate of drug-likeness (QED) is 0.831. The van der Waals surface area contributed by atoms with Crippen LogP contribution >= 0.6 is 15.9 Å². The molecule has 0 saturated carbocycles. The molecule has 2 heterocycles. The fourth-order valence-electron chi connectivity index (χ4n) is 3.11. The van der Waals surface area contributed by atoms with Gasteiger partial charge in [-0.25, -0.2) is 4.98 Å². The number of hydrogen-bond donors (Lipinski definition) is 0. The number of benzene rings is 1. The Bertz CT molecular complexity index is 576.